The van der Waals surface area contributed by atoms with E-state index in [0.29, 0.717) is 0 Å². The number of para-hydroxylation sites is 3. The van der Waals surface area contributed by atoms with Crippen molar-refractivity contribution in [2.24, 2.45) is 0 Å². The van der Waals surface area contributed by atoms with E-state index in [4.69, 9.17) is 0 Å². The lowest BCUT2D eigenvalue weighted by atomic mass is 10.1. The molecule has 2 aromatic heterocycles. The first-order chi connectivity index (χ1) is 17.3. The van der Waals surface area contributed by atoms with Crippen LogP contribution in [0, 0.1) is 0 Å². The Morgan fingerprint density at radius 3 is 2.29 bits per heavy atom. The molecule has 1 aliphatic rings. The Bertz CT molecular complexity index is 1700. The van der Waals surface area contributed by atoms with Crippen LogP contribution in [0.3, 0.4) is 0 Å². The monoisotopic (exact) mass is 452 g/mol. The summed E-state index contributed by atoms with van der Waals surface area (Å²) < 4.78 is 2.38. The highest BCUT2D eigenvalue weighted by Gasteiger charge is 2.24. The van der Waals surface area contributed by atoms with Crippen LogP contribution in [0.2, 0.25) is 0 Å². The molecule has 7 rings (SSSR count). The molecular weight excluding hydrogens is 428 g/mol. The molecule has 4 aromatic carbocycles. The molecule has 3 heterocycles. The predicted molar refractivity (Wildman–Crippen MR) is 146 cm³/mol. The minimum absolute atomic E-state index is 0.833. The summed E-state index contributed by atoms with van der Waals surface area (Å²) in [5, 5.41) is 2.50. The Kier molecular flexibility index (Phi) is 4.39. The number of anilines is 3. The molecule has 0 saturated carbocycles. The molecule has 35 heavy (non-hydrogen) atoms. The van der Waals surface area contributed by atoms with Crippen molar-refractivity contribution < 1.29 is 0 Å². The Morgan fingerprint density at radius 2 is 1.40 bits per heavy atom. The van der Waals surface area contributed by atoms with E-state index in [9.17, 15) is 0 Å². The van der Waals surface area contributed by atoms with Crippen molar-refractivity contribution in [3.63, 3.8) is 0 Å². The first kappa shape index (κ1) is 19.9. The lowest BCUT2D eigenvalue weighted by molar-refractivity contribution is 0.948. The Balaban J connectivity index is 1.44. The summed E-state index contributed by atoms with van der Waals surface area (Å²) in [6.07, 6.45) is 1.85. The second-order valence-corrected chi connectivity index (χ2v) is 9.08. The summed E-state index contributed by atoms with van der Waals surface area (Å²) >= 11 is 0. The summed E-state index contributed by atoms with van der Waals surface area (Å²) in [7, 11) is 2.15. The normalized spacial score (nSPS) is 13.1. The van der Waals surface area contributed by atoms with Gasteiger partial charge in [0.15, 0.2) is 0 Å². The summed E-state index contributed by atoms with van der Waals surface area (Å²) in [6, 6.07) is 38.9. The highest BCUT2D eigenvalue weighted by molar-refractivity contribution is 6.10. The average molecular weight is 453 g/mol. The fraction of sp³-hybridized carbons (Fsp3) is 0.0645. The van der Waals surface area contributed by atoms with Gasteiger partial charge in [-0.05, 0) is 54.6 Å². The zero-order chi connectivity index (χ0) is 23.4. The molecule has 4 heteroatoms. The van der Waals surface area contributed by atoms with Gasteiger partial charge in [0.2, 0.25) is 0 Å². The Morgan fingerprint density at radius 1 is 0.629 bits per heavy atom. The fourth-order valence-corrected chi connectivity index (χ4v) is 5.34. The fourth-order valence-electron chi connectivity index (χ4n) is 5.34. The van der Waals surface area contributed by atoms with E-state index in [2.05, 4.69) is 123 Å². The zero-order valence-corrected chi connectivity index (χ0v) is 19.5. The maximum Gasteiger partial charge on any atom is 0.0950 e. The van der Waals surface area contributed by atoms with Gasteiger partial charge in [0.1, 0.15) is 0 Å². The van der Waals surface area contributed by atoms with Crippen molar-refractivity contribution in [2.45, 2.75) is 0 Å². The van der Waals surface area contributed by atoms with E-state index >= 15 is 0 Å². The number of hydrogen-bond donors (Lipinski definition) is 0. The summed E-state index contributed by atoms with van der Waals surface area (Å²) in [6.45, 7) is 0.833. The quantitative estimate of drug-likeness (QED) is 0.280. The van der Waals surface area contributed by atoms with Crippen molar-refractivity contribution in [3.05, 3.63) is 115 Å². The Labute approximate surface area is 204 Å². The number of benzene rings is 4. The van der Waals surface area contributed by atoms with Crippen molar-refractivity contribution in [1.29, 1.82) is 0 Å². The van der Waals surface area contributed by atoms with Crippen LogP contribution in [-0.2, 0) is 0 Å². The van der Waals surface area contributed by atoms with Crippen molar-refractivity contribution in [1.82, 2.24) is 9.55 Å². The smallest absolute Gasteiger partial charge is 0.0950 e. The second kappa shape index (κ2) is 7.74. The SMILES string of the molecule is CN1CN(c2cccc(-n3c4ccccc4c4ccc(-c5ccccn5)cc43)c2)c2ccccc21. The average Bonchev–Trinajstić information content (AvgIpc) is 3.44. The van der Waals surface area contributed by atoms with Gasteiger partial charge < -0.3 is 14.4 Å². The first-order valence-electron chi connectivity index (χ1n) is 11.9. The van der Waals surface area contributed by atoms with Crippen LogP contribution < -0.4 is 9.80 Å². The topological polar surface area (TPSA) is 24.3 Å². The summed E-state index contributed by atoms with van der Waals surface area (Å²) in [4.78, 5) is 9.26. The van der Waals surface area contributed by atoms with Crippen LogP contribution in [0.4, 0.5) is 17.1 Å². The van der Waals surface area contributed by atoms with E-state index in [0.717, 1.165) is 23.6 Å². The van der Waals surface area contributed by atoms with E-state index in [-0.39, 0.29) is 0 Å². The number of nitrogens with zero attached hydrogens (tertiary/aromatic N) is 4. The molecule has 0 aliphatic carbocycles. The minimum atomic E-state index is 0.833. The highest BCUT2D eigenvalue weighted by Crippen LogP contribution is 2.41. The molecule has 4 nitrogen and oxygen atoms in total. The van der Waals surface area contributed by atoms with Gasteiger partial charge in [0.25, 0.3) is 0 Å². The minimum Gasteiger partial charge on any atom is -0.355 e. The third kappa shape index (κ3) is 3.11. The molecule has 0 unspecified atom stereocenters. The van der Waals surface area contributed by atoms with Crippen LogP contribution in [0.1, 0.15) is 0 Å². The largest absolute Gasteiger partial charge is 0.355 e. The van der Waals surface area contributed by atoms with Crippen LogP contribution in [0.15, 0.2) is 115 Å². The van der Waals surface area contributed by atoms with E-state index in [1.54, 1.807) is 0 Å². The third-order valence-corrected chi connectivity index (χ3v) is 6.97. The second-order valence-electron chi connectivity index (χ2n) is 9.08. The number of aromatic nitrogens is 2. The van der Waals surface area contributed by atoms with Crippen LogP contribution in [-0.4, -0.2) is 23.3 Å². The van der Waals surface area contributed by atoms with Gasteiger partial charge in [-0.2, -0.15) is 0 Å². The number of fused-ring (bicyclic) bond motifs is 4. The maximum atomic E-state index is 4.59. The standard InChI is InChI=1S/C31H24N4/c1-33-21-34(30-15-5-4-14-29(30)33)23-9-8-10-24(20-23)35-28-13-3-2-11-25(28)26-17-16-22(19-31(26)35)27-12-6-7-18-32-27/h2-20H,21H2,1H3. The van der Waals surface area contributed by atoms with E-state index < -0.39 is 0 Å². The molecule has 0 spiro atoms. The number of pyridine rings is 1. The van der Waals surface area contributed by atoms with Gasteiger partial charge in [-0.25, -0.2) is 0 Å². The van der Waals surface area contributed by atoms with Gasteiger partial charge in [-0.15, -0.1) is 0 Å². The molecule has 0 radical (unpaired) electrons. The molecule has 1 aliphatic heterocycles. The van der Waals surface area contributed by atoms with Crippen LogP contribution in [0.25, 0.3) is 38.8 Å². The van der Waals surface area contributed by atoms with Gasteiger partial charge >= 0.3 is 0 Å². The van der Waals surface area contributed by atoms with Gasteiger partial charge in [-0.1, -0.05) is 54.6 Å². The van der Waals surface area contributed by atoms with Gasteiger partial charge in [-0.3, -0.25) is 4.98 Å². The lowest BCUT2D eigenvalue weighted by Crippen LogP contribution is -2.24. The molecule has 0 fully saturated rings. The summed E-state index contributed by atoms with van der Waals surface area (Å²) in [5.41, 5.74) is 9.33. The maximum absolute atomic E-state index is 4.59. The molecule has 0 atom stereocenters. The predicted octanol–water partition coefficient (Wildman–Crippen LogP) is 7.39. The zero-order valence-electron chi connectivity index (χ0n) is 19.5. The molecule has 6 aromatic rings. The third-order valence-electron chi connectivity index (χ3n) is 6.97. The lowest BCUT2D eigenvalue weighted by Gasteiger charge is -2.21. The van der Waals surface area contributed by atoms with Crippen molar-refractivity contribution in [3.8, 4) is 16.9 Å². The molecule has 0 saturated heterocycles. The highest BCUT2D eigenvalue weighted by atomic mass is 15.4. The Hall–Kier alpha value is -4.57. The van der Waals surface area contributed by atoms with Gasteiger partial charge in [0.05, 0.1) is 34.8 Å². The van der Waals surface area contributed by atoms with Crippen LogP contribution >= 0.6 is 0 Å². The number of rotatable bonds is 3. The molecule has 0 amide bonds. The molecule has 0 bridgehead atoms. The van der Waals surface area contributed by atoms with E-state index in [1.807, 2.05) is 18.3 Å². The molecular formula is C31H24N4. The molecule has 168 valence electrons. The number of hydrogen-bond acceptors (Lipinski definition) is 3. The van der Waals surface area contributed by atoms with Crippen molar-refractivity contribution in [2.75, 3.05) is 23.5 Å². The molecule has 0 N–H and O–H groups in total. The van der Waals surface area contributed by atoms with Gasteiger partial charge in [0, 0.05) is 41.0 Å². The first-order valence-corrected chi connectivity index (χ1v) is 11.9. The van der Waals surface area contributed by atoms with Crippen molar-refractivity contribution >= 4 is 38.9 Å². The summed E-state index contributed by atoms with van der Waals surface area (Å²) in [5.74, 6) is 0. The van der Waals surface area contributed by atoms with E-state index in [1.165, 1.54) is 38.9 Å². The van der Waals surface area contributed by atoms with Crippen LogP contribution in [0.5, 0.6) is 0 Å².